The number of aromatic nitrogens is 1. The van der Waals surface area contributed by atoms with Crippen molar-refractivity contribution in [1.29, 1.82) is 0 Å². The average Bonchev–Trinajstić information content (AvgIpc) is 2.89. The Balaban J connectivity index is 1.84. The van der Waals surface area contributed by atoms with Gasteiger partial charge >= 0.3 is 0 Å². The number of rotatable bonds is 6. The van der Waals surface area contributed by atoms with E-state index in [-0.39, 0.29) is 11.4 Å². The van der Waals surface area contributed by atoms with Crippen molar-refractivity contribution >= 4 is 16.8 Å². The fraction of sp³-hybridized carbons (Fsp3) is 0.444. The predicted octanol–water partition coefficient (Wildman–Crippen LogP) is 2.09. The molecule has 1 atom stereocenters. The molecule has 0 unspecified atom stereocenters. The molecule has 122 valence electrons. The molecule has 1 aromatic heterocycles. The Bertz CT molecular complexity index is 703. The molecule has 1 amide bonds. The minimum absolute atomic E-state index is 0.267. The van der Waals surface area contributed by atoms with Gasteiger partial charge in [-0.1, -0.05) is 12.1 Å². The molecule has 1 aliphatic heterocycles. The van der Waals surface area contributed by atoms with E-state index < -0.39 is 0 Å². The van der Waals surface area contributed by atoms with Crippen LogP contribution in [-0.4, -0.2) is 41.6 Å². The van der Waals surface area contributed by atoms with E-state index in [4.69, 9.17) is 10.5 Å². The zero-order valence-corrected chi connectivity index (χ0v) is 13.5. The summed E-state index contributed by atoms with van der Waals surface area (Å²) < 4.78 is 5.41. The monoisotopic (exact) mass is 313 g/mol. The van der Waals surface area contributed by atoms with Gasteiger partial charge in [0.2, 0.25) is 5.91 Å². The molecule has 5 nitrogen and oxygen atoms in total. The Labute approximate surface area is 136 Å². The van der Waals surface area contributed by atoms with E-state index in [9.17, 15) is 4.79 Å². The number of primary amides is 1. The van der Waals surface area contributed by atoms with Gasteiger partial charge in [-0.2, -0.15) is 0 Å². The van der Waals surface area contributed by atoms with Gasteiger partial charge in [-0.25, -0.2) is 0 Å². The standard InChI is InChI=1S/C18H23N3O2/c1-23-13-18(11-17(19)22)7-3-9-21(18)12-14-5-6-16-15(10-14)4-2-8-20-16/h2,4-6,8,10H,3,7,9,11-13H2,1H3,(H2,19,22)/t18-/m0/s1. The third-order valence-electron chi connectivity index (χ3n) is 4.70. The molecule has 1 saturated heterocycles. The highest BCUT2D eigenvalue weighted by molar-refractivity contribution is 5.79. The number of carbonyl (C=O) groups excluding carboxylic acids is 1. The molecule has 5 heteroatoms. The lowest BCUT2D eigenvalue weighted by atomic mass is 9.92. The van der Waals surface area contributed by atoms with Gasteiger partial charge in [0.15, 0.2) is 0 Å². The second kappa shape index (κ2) is 6.64. The van der Waals surface area contributed by atoms with Crippen molar-refractivity contribution in [3.8, 4) is 0 Å². The summed E-state index contributed by atoms with van der Waals surface area (Å²) in [5.41, 5.74) is 7.43. The second-order valence-electron chi connectivity index (χ2n) is 6.36. The van der Waals surface area contributed by atoms with Crippen molar-refractivity contribution in [2.45, 2.75) is 31.3 Å². The van der Waals surface area contributed by atoms with E-state index in [1.807, 2.05) is 12.1 Å². The van der Waals surface area contributed by atoms with Crippen molar-refractivity contribution in [3.05, 3.63) is 42.1 Å². The van der Waals surface area contributed by atoms with Gasteiger partial charge in [0, 0.05) is 31.7 Å². The lowest BCUT2D eigenvalue weighted by Gasteiger charge is -2.37. The molecule has 1 aliphatic rings. The molecule has 2 aromatic rings. The third-order valence-corrected chi connectivity index (χ3v) is 4.70. The number of ether oxygens (including phenoxy) is 1. The van der Waals surface area contributed by atoms with Gasteiger partial charge in [-0.15, -0.1) is 0 Å². The summed E-state index contributed by atoms with van der Waals surface area (Å²) in [4.78, 5) is 18.2. The fourth-order valence-electron chi connectivity index (χ4n) is 3.69. The smallest absolute Gasteiger partial charge is 0.219 e. The van der Waals surface area contributed by atoms with E-state index >= 15 is 0 Å². The molecule has 2 N–H and O–H groups in total. The summed E-state index contributed by atoms with van der Waals surface area (Å²) in [6.07, 6.45) is 4.15. The number of carbonyl (C=O) groups is 1. The Morgan fingerprint density at radius 3 is 3.09 bits per heavy atom. The quantitative estimate of drug-likeness (QED) is 0.886. The van der Waals surface area contributed by atoms with E-state index in [1.54, 1.807) is 13.3 Å². The van der Waals surface area contributed by atoms with Crippen LogP contribution in [0.25, 0.3) is 10.9 Å². The fourth-order valence-corrected chi connectivity index (χ4v) is 3.69. The predicted molar refractivity (Wildman–Crippen MR) is 89.8 cm³/mol. The van der Waals surface area contributed by atoms with Crippen LogP contribution in [0.15, 0.2) is 36.5 Å². The normalized spacial score (nSPS) is 21.8. The Kier molecular flexibility index (Phi) is 4.59. The molecule has 1 aromatic carbocycles. The number of methoxy groups -OCH3 is 1. The molecular weight excluding hydrogens is 290 g/mol. The van der Waals surface area contributed by atoms with Crippen LogP contribution < -0.4 is 5.73 Å². The van der Waals surface area contributed by atoms with Crippen LogP contribution in [0.3, 0.4) is 0 Å². The largest absolute Gasteiger partial charge is 0.383 e. The van der Waals surface area contributed by atoms with E-state index in [0.717, 1.165) is 36.8 Å². The first-order chi connectivity index (χ1) is 11.1. The number of benzene rings is 1. The number of fused-ring (bicyclic) bond motifs is 1. The average molecular weight is 313 g/mol. The summed E-state index contributed by atoms with van der Waals surface area (Å²) in [6, 6.07) is 10.3. The number of hydrogen-bond acceptors (Lipinski definition) is 4. The van der Waals surface area contributed by atoms with Gasteiger partial charge < -0.3 is 10.5 Å². The van der Waals surface area contributed by atoms with Gasteiger partial charge in [0.05, 0.1) is 17.7 Å². The van der Waals surface area contributed by atoms with Crippen LogP contribution in [0.4, 0.5) is 0 Å². The molecule has 2 heterocycles. The van der Waals surface area contributed by atoms with Crippen LogP contribution in [0.5, 0.6) is 0 Å². The van der Waals surface area contributed by atoms with Gasteiger partial charge in [0.1, 0.15) is 0 Å². The lowest BCUT2D eigenvalue weighted by Crippen LogP contribution is -2.49. The van der Waals surface area contributed by atoms with Crippen molar-refractivity contribution in [1.82, 2.24) is 9.88 Å². The van der Waals surface area contributed by atoms with Crippen LogP contribution in [0.1, 0.15) is 24.8 Å². The minimum atomic E-state index is -0.273. The Morgan fingerprint density at radius 2 is 2.30 bits per heavy atom. The number of likely N-dealkylation sites (tertiary alicyclic amines) is 1. The number of pyridine rings is 1. The second-order valence-corrected chi connectivity index (χ2v) is 6.36. The van der Waals surface area contributed by atoms with E-state index in [0.29, 0.717) is 13.0 Å². The molecule has 3 rings (SSSR count). The number of nitrogens with two attached hydrogens (primary N) is 1. The summed E-state index contributed by atoms with van der Waals surface area (Å²) >= 11 is 0. The third kappa shape index (κ3) is 3.35. The molecule has 0 bridgehead atoms. The molecule has 0 aliphatic carbocycles. The number of hydrogen-bond donors (Lipinski definition) is 1. The molecule has 0 radical (unpaired) electrons. The number of nitrogens with zero attached hydrogens (tertiary/aromatic N) is 2. The van der Waals surface area contributed by atoms with Crippen LogP contribution in [0, 0.1) is 0 Å². The maximum Gasteiger partial charge on any atom is 0.219 e. The van der Waals surface area contributed by atoms with Crippen molar-refractivity contribution in [2.75, 3.05) is 20.3 Å². The number of amides is 1. The topological polar surface area (TPSA) is 68.5 Å². The highest BCUT2D eigenvalue weighted by atomic mass is 16.5. The SMILES string of the molecule is COC[C@@]1(CC(N)=O)CCCN1Cc1ccc2ncccc2c1. The van der Waals surface area contributed by atoms with Crippen LogP contribution in [-0.2, 0) is 16.1 Å². The Morgan fingerprint density at radius 1 is 1.43 bits per heavy atom. The molecular formula is C18H23N3O2. The van der Waals surface area contributed by atoms with E-state index in [1.165, 1.54) is 5.56 Å². The van der Waals surface area contributed by atoms with Crippen molar-refractivity contribution in [3.63, 3.8) is 0 Å². The zero-order chi connectivity index (χ0) is 16.3. The molecule has 0 spiro atoms. The molecule has 0 saturated carbocycles. The lowest BCUT2D eigenvalue weighted by molar-refractivity contribution is -0.121. The first-order valence-corrected chi connectivity index (χ1v) is 7.99. The summed E-state index contributed by atoms with van der Waals surface area (Å²) in [5, 5.41) is 1.14. The van der Waals surface area contributed by atoms with Crippen molar-refractivity contribution in [2.24, 2.45) is 5.73 Å². The Hall–Kier alpha value is -1.98. The first-order valence-electron chi connectivity index (χ1n) is 7.99. The van der Waals surface area contributed by atoms with E-state index in [2.05, 4.69) is 28.1 Å². The van der Waals surface area contributed by atoms with Crippen LogP contribution >= 0.6 is 0 Å². The van der Waals surface area contributed by atoms with Gasteiger partial charge in [-0.3, -0.25) is 14.7 Å². The van der Waals surface area contributed by atoms with Crippen LogP contribution in [0.2, 0.25) is 0 Å². The highest BCUT2D eigenvalue weighted by Crippen LogP contribution is 2.34. The minimum Gasteiger partial charge on any atom is -0.383 e. The summed E-state index contributed by atoms with van der Waals surface area (Å²) in [6.45, 7) is 2.29. The van der Waals surface area contributed by atoms with Gasteiger partial charge in [-0.05, 0) is 43.1 Å². The van der Waals surface area contributed by atoms with Crippen molar-refractivity contribution < 1.29 is 9.53 Å². The van der Waals surface area contributed by atoms with Gasteiger partial charge in [0.25, 0.3) is 0 Å². The first kappa shape index (κ1) is 15.9. The summed E-state index contributed by atoms with van der Waals surface area (Å²) in [5.74, 6) is -0.267. The maximum absolute atomic E-state index is 11.5. The zero-order valence-electron chi connectivity index (χ0n) is 13.5. The molecule has 23 heavy (non-hydrogen) atoms. The highest BCUT2D eigenvalue weighted by Gasteiger charge is 2.42. The maximum atomic E-state index is 11.5. The molecule has 1 fully saturated rings. The summed E-state index contributed by atoms with van der Waals surface area (Å²) in [7, 11) is 1.68.